The monoisotopic (exact) mass is 499 g/mol. The Morgan fingerprint density at radius 3 is 2.46 bits per heavy atom. The van der Waals surface area contributed by atoms with Gasteiger partial charge in [0.05, 0.1) is 45.4 Å². The van der Waals surface area contributed by atoms with E-state index in [9.17, 15) is 9.59 Å². The van der Waals surface area contributed by atoms with Crippen LogP contribution in [0.25, 0.3) is 10.7 Å². The number of benzene rings is 1. The highest BCUT2D eigenvalue weighted by Gasteiger charge is 2.24. The number of carbonyl (C=O) groups excluding carboxylic acids is 2. The summed E-state index contributed by atoms with van der Waals surface area (Å²) in [6.07, 6.45) is 1.67. The predicted molar refractivity (Wildman–Crippen MR) is 132 cm³/mol. The number of carbonyl (C=O) groups is 2. The van der Waals surface area contributed by atoms with Crippen molar-refractivity contribution in [3.8, 4) is 22.2 Å². The minimum absolute atomic E-state index is 0.00172. The normalized spacial score (nSPS) is 10.8. The lowest BCUT2D eigenvalue weighted by Crippen LogP contribution is -2.31. The van der Waals surface area contributed by atoms with Gasteiger partial charge in [-0.05, 0) is 32.0 Å². The minimum atomic E-state index is -0.458. The van der Waals surface area contributed by atoms with E-state index in [1.165, 1.54) is 11.3 Å². The fourth-order valence-corrected chi connectivity index (χ4v) is 4.35. The number of esters is 2. The third kappa shape index (κ3) is 7.00. The van der Waals surface area contributed by atoms with Crippen LogP contribution in [-0.2, 0) is 27.4 Å². The van der Waals surface area contributed by atoms with Crippen LogP contribution in [0.4, 0.5) is 0 Å². The zero-order chi connectivity index (χ0) is 25.2. The first-order valence-corrected chi connectivity index (χ1v) is 12.0. The number of hydrogen-bond acceptors (Lipinski definition) is 10. The van der Waals surface area contributed by atoms with Crippen LogP contribution in [-0.4, -0.2) is 60.8 Å². The van der Waals surface area contributed by atoms with E-state index in [-0.39, 0.29) is 32.3 Å². The zero-order valence-corrected chi connectivity index (χ0v) is 21.1. The average Bonchev–Trinajstić information content (AvgIpc) is 3.29. The molecule has 35 heavy (non-hydrogen) atoms. The Kier molecular flexibility index (Phi) is 9.56. The maximum Gasteiger partial charge on any atom is 0.350 e. The summed E-state index contributed by atoms with van der Waals surface area (Å²) in [6.45, 7) is 4.59. The number of thiazole rings is 1. The molecule has 0 fully saturated rings. The predicted octanol–water partition coefficient (Wildman–Crippen LogP) is 3.96. The van der Waals surface area contributed by atoms with E-state index in [4.69, 9.17) is 23.9 Å². The molecule has 0 bridgehead atoms. The molecule has 0 saturated carbocycles. The number of nitrogens with zero attached hydrogens (tertiary/aromatic N) is 3. The molecule has 2 aromatic heterocycles. The number of hydrogen-bond donors (Lipinski definition) is 0. The van der Waals surface area contributed by atoms with Gasteiger partial charge in [0.2, 0.25) is 0 Å². The Labute approximate surface area is 208 Å². The van der Waals surface area contributed by atoms with Crippen LogP contribution in [0.5, 0.6) is 11.5 Å². The quantitative estimate of drug-likeness (QED) is 0.343. The summed E-state index contributed by atoms with van der Waals surface area (Å²) in [4.78, 5) is 36.4. The van der Waals surface area contributed by atoms with E-state index >= 15 is 0 Å². The van der Waals surface area contributed by atoms with Crippen LogP contribution in [0.1, 0.15) is 34.8 Å². The lowest BCUT2D eigenvalue weighted by molar-refractivity contribution is -0.144. The molecule has 3 aromatic rings. The van der Waals surface area contributed by atoms with Crippen LogP contribution in [0.2, 0.25) is 0 Å². The van der Waals surface area contributed by atoms with Crippen molar-refractivity contribution in [2.75, 3.05) is 34.0 Å². The van der Waals surface area contributed by atoms with Gasteiger partial charge < -0.3 is 18.9 Å². The van der Waals surface area contributed by atoms with Gasteiger partial charge in [-0.2, -0.15) is 0 Å². The zero-order valence-electron chi connectivity index (χ0n) is 20.3. The van der Waals surface area contributed by atoms with Gasteiger partial charge in [-0.25, -0.2) is 9.78 Å². The first kappa shape index (κ1) is 26.1. The molecule has 0 amide bonds. The number of aromatic nitrogens is 2. The highest BCUT2D eigenvalue weighted by Crippen LogP contribution is 2.30. The van der Waals surface area contributed by atoms with Crippen molar-refractivity contribution in [3.05, 3.63) is 58.7 Å². The molecular weight excluding hydrogens is 470 g/mol. The molecule has 0 spiro atoms. The van der Waals surface area contributed by atoms with E-state index in [0.29, 0.717) is 39.3 Å². The summed E-state index contributed by atoms with van der Waals surface area (Å²) in [7, 11) is 3.16. The Hall–Kier alpha value is -3.50. The summed E-state index contributed by atoms with van der Waals surface area (Å²) in [5, 5.41) is 0.599. The van der Waals surface area contributed by atoms with Crippen LogP contribution < -0.4 is 9.47 Å². The standard InChI is InChI=1S/C25H29N3O6S/c1-5-33-22(29)16-28(14-17-10-11-18(31-3)13-21(17)32-4)15-20-23(25(30)34-6-2)35-24(27-20)19-9-7-8-12-26-19/h7-13H,5-6,14-16H2,1-4H3. The number of rotatable bonds is 12. The molecule has 3 rings (SSSR count). The largest absolute Gasteiger partial charge is 0.497 e. The van der Waals surface area contributed by atoms with E-state index < -0.39 is 5.97 Å². The van der Waals surface area contributed by atoms with Crippen LogP contribution in [0, 0.1) is 0 Å². The van der Waals surface area contributed by atoms with Gasteiger partial charge >= 0.3 is 11.9 Å². The second-order valence-electron chi connectivity index (χ2n) is 7.36. The topological polar surface area (TPSA) is 100 Å². The van der Waals surface area contributed by atoms with Gasteiger partial charge in [0.1, 0.15) is 21.4 Å². The van der Waals surface area contributed by atoms with Crippen molar-refractivity contribution >= 4 is 23.3 Å². The molecule has 0 aliphatic carbocycles. The van der Waals surface area contributed by atoms with E-state index in [1.54, 1.807) is 40.3 Å². The second-order valence-corrected chi connectivity index (χ2v) is 8.36. The van der Waals surface area contributed by atoms with E-state index in [0.717, 1.165) is 5.56 Å². The van der Waals surface area contributed by atoms with Crippen molar-refractivity contribution < 1.29 is 28.5 Å². The van der Waals surface area contributed by atoms with Crippen molar-refractivity contribution in [3.63, 3.8) is 0 Å². The molecule has 0 radical (unpaired) electrons. The van der Waals surface area contributed by atoms with Crippen molar-refractivity contribution in [1.82, 2.24) is 14.9 Å². The Balaban J connectivity index is 1.96. The molecule has 0 atom stereocenters. The fraction of sp³-hybridized carbons (Fsp3) is 0.360. The number of pyridine rings is 1. The lowest BCUT2D eigenvalue weighted by Gasteiger charge is -2.22. The molecule has 0 saturated heterocycles. The lowest BCUT2D eigenvalue weighted by atomic mass is 10.1. The van der Waals surface area contributed by atoms with Gasteiger partial charge in [-0.15, -0.1) is 11.3 Å². The molecule has 186 valence electrons. The summed E-state index contributed by atoms with van der Waals surface area (Å²) in [5.74, 6) is 0.445. The summed E-state index contributed by atoms with van der Waals surface area (Å²) < 4.78 is 21.3. The number of methoxy groups -OCH3 is 2. The average molecular weight is 500 g/mol. The molecule has 0 aliphatic heterocycles. The van der Waals surface area contributed by atoms with Crippen molar-refractivity contribution in [1.29, 1.82) is 0 Å². The van der Waals surface area contributed by atoms with Crippen molar-refractivity contribution in [2.24, 2.45) is 0 Å². The van der Waals surface area contributed by atoms with Gasteiger partial charge in [0.15, 0.2) is 0 Å². The first-order valence-electron chi connectivity index (χ1n) is 11.2. The van der Waals surface area contributed by atoms with E-state index in [1.807, 2.05) is 35.2 Å². The molecule has 9 nitrogen and oxygen atoms in total. The van der Waals surface area contributed by atoms with Crippen molar-refractivity contribution in [2.45, 2.75) is 26.9 Å². The molecule has 10 heteroatoms. The van der Waals surface area contributed by atoms with Gasteiger partial charge in [0, 0.05) is 30.9 Å². The highest BCUT2D eigenvalue weighted by molar-refractivity contribution is 7.17. The van der Waals surface area contributed by atoms with E-state index in [2.05, 4.69) is 4.98 Å². The minimum Gasteiger partial charge on any atom is -0.497 e. The maximum atomic E-state index is 12.7. The van der Waals surface area contributed by atoms with Gasteiger partial charge in [-0.3, -0.25) is 14.7 Å². The second kappa shape index (κ2) is 12.8. The maximum absolute atomic E-state index is 12.7. The first-order chi connectivity index (χ1) is 17.0. The smallest absolute Gasteiger partial charge is 0.350 e. The molecule has 0 aliphatic rings. The SMILES string of the molecule is CCOC(=O)CN(Cc1ccc(OC)cc1OC)Cc1nc(-c2ccccn2)sc1C(=O)OCC. The molecule has 2 heterocycles. The van der Waals surface area contributed by atoms with Crippen LogP contribution in [0.3, 0.4) is 0 Å². The molecule has 1 aromatic carbocycles. The summed E-state index contributed by atoms with van der Waals surface area (Å²) in [5.41, 5.74) is 2.00. The van der Waals surface area contributed by atoms with Crippen LogP contribution in [0.15, 0.2) is 42.6 Å². The Bertz CT molecular complexity index is 1140. The third-order valence-electron chi connectivity index (χ3n) is 4.96. The molecule has 0 unspecified atom stereocenters. The third-order valence-corrected chi connectivity index (χ3v) is 6.06. The van der Waals surface area contributed by atoms with Gasteiger partial charge in [-0.1, -0.05) is 12.1 Å². The Morgan fingerprint density at radius 1 is 1.00 bits per heavy atom. The number of ether oxygens (including phenoxy) is 4. The summed E-state index contributed by atoms with van der Waals surface area (Å²) >= 11 is 1.22. The Morgan fingerprint density at radius 2 is 1.80 bits per heavy atom. The summed E-state index contributed by atoms with van der Waals surface area (Å²) in [6, 6.07) is 11.0. The van der Waals surface area contributed by atoms with Crippen LogP contribution >= 0.6 is 11.3 Å². The molecular formula is C25H29N3O6S. The highest BCUT2D eigenvalue weighted by atomic mass is 32.1. The fourth-order valence-electron chi connectivity index (χ4n) is 3.41. The molecule has 0 N–H and O–H groups in total. The van der Waals surface area contributed by atoms with Gasteiger partial charge in [0.25, 0.3) is 0 Å².